The summed E-state index contributed by atoms with van der Waals surface area (Å²) in [7, 11) is 0. The molecule has 144 valence electrons. The van der Waals surface area contributed by atoms with Gasteiger partial charge in [0, 0.05) is 18.0 Å². The number of rotatable bonds is 5. The van der Waals surface area contributed by atoms with Crippen LogP contribution in [0.25, 0.3) is 33.6 Å². The van der Waals surface area contributed by atoms with Crippen molar-refractivity contribution < 1.29 is 22.7 Å². The van der Waals surface area contributed by atoms with Crippen LogP contribution in [0.5, 0.6) is 0 Å². The van der Waals surface area contributed by atoms with E-state index < -0.39 is 23.6 Å². The Balaban J connectivity index is 1.90. The molecule has 0 spiro atoms. The molecule has 0 aliphatic carbocycles. The first kappa shape index (κ1) is 18.1. The number of aliphatic hydroxyl groups excluding tert-OH is 1. The fraction of sp³-hybridized carbons (Fsp3) is 0.158. The van der Waals surface area contributed by atoms with E-state index in [4.69, 9.17) is 4.42 Å². The van der Waals surface area contributed by atoms with Gasteiger partial charge in [0.2, 0.25) is 0 Å². The van der Waals surface area contributed by atoms with Crippen LogP contribution in [-0.2, 0) is 0 Å². The number of fused-ring (bicyclic) bond motifs is 1. The number of aliphatic hydroxyl groups is 1. The molecule has 1 unspecified atom stereocenters. The molecule has 2 heterocycles. The zero-order valence-corrected chi connectivity index (χ0v) is 14.6. The molecule has 0 aliphatic rings. The number of benzene rings is 2. The van der Waals surface area contributed by atoms with Crippen molar-refractivity contribution in [3.63, 3.8) is 0 Å². The molecule has 9 heteroatoms. The van der Waals surface area contributed by atoms with Crippen LogP contribution in [0, 0.1) is 17.5 Å². The number of aromatic amines is 1. The molecule has 0 amide bonds. The Bertz CT molecular complexity index is 1140. The first-order valence-electron chi connectivity index (χ1n) is 8.45. The SMILES string of the molecule is CC(O)CNc1nnc(-c2c(-c3ccc(F)cc3)[nH]c3c(F)cc(F)cc23)o1. The summed E-state index contributed by atoms with van der Waals surface area (Å²) < 4.78 is 47.1. The minimum atomic E-state index is -0.781. The number of anilines is 1. The molecule has 2 aromatic carbocycles. The lowest BCUT2D eigenvalue weighted by Gasteiger charge is -2.03. The number of hydrogen-bond acceptors (Lipinski definition) is 5. The molecule has 0 radical (unpaired) electrons. The monoisotopic (exact) mass is 388 g/mol. The molecule has 2 aromatic heterocycles. The van der Waals surface area contributed by atoms with Crippen LogP contribution in [0.15, 0.2) is 40.8 Å². The first-order valence-corrected chi connectivity index (χ1v) is 8.45. The maximum absolute atomic E-state index is 14.3. The van der Waals surface area contributed by atoms with E-state index in [9.17, 15) is 18.3 Å². The minimum absolute atomic E-state index is 0.0173. The highest BCUT2D eigenvalue weighted by atomic mass is 19.1. The van der Waals surface area contributed by atoms with Crippen molar-refractivity contribution in [1.82, 2.24) is 15.2 Å². The highest BCUT2D eigenvalue weighted by Crippen LogP contribution is 2.39. The quantitative estimate of drug-likeness (QED) is 0.479. The molecule has 4 aromatic rings. The number of nitrogens with zero attached hydrogens (tertiary/aromatic N) is 2. The fourth-order valence-electron chi connectivity index (χ4n) is 2.91. The van der Waals surface area contributed by atoms with Crippen molar-refractivity contribution in [3.8, 4) is 22.7 Å². The molecule has 6 nitrogen and oxygen atoms in total. The summed E-state index contributed by atoms with van der Waals surface area (Å²) in [4.78, 5) is 2.90. The normalized spacial score (nSPS) is 12.5. The molecule has 3 N–H and O–H groups in total. The van der Waals surface area contributed by atoms with E-state index in [1.54, 1.807) is 6.92 Å². The number of halogens is 3. The molecule has 0 saturated carbocycles. The number of H-pyrrole nitrogens is 1. The van der Waals surface area contributed by atoms with Gasteiger partial charge in [0.25, 0.3) is 5.89 Å². The summed E-state index contributed by atoms with van der Waals surface area (Å²) >= 11 is 0. The van der Waals surface area contributed by atoms with Gasteiger partial charge in [0.1, 0.15) is 17.5 Å². The van der Waals surface area contributed by atoms with Crippen molar-refractivity contribution in [2.45, 2.75) is 13.0 Å². The zero-order valence-electron chi connectivity index (χ0n) is 14.6. The second-order valence-electron chi connectivity index (χ2n) is 6.33. The van der Waals surface area contributed by atoms with Gasteiger partial charge in [-0.1, -0.05) is 5.10 Å². The fourth-order valence-corrected chi connectivity index (χ4v) is 2.91. The van der Waals surface area contributed by atoms with Crippen molar-refractivity contribution >= 4 is 16.9 Å². The maximum Gasteiger partial charge on any atom is 0.315 e. The summed E-state index contributed by atoms with van der Waals surface area (Å²) in [6, 6.07) is 7.48. The Labute approximate surface area is 157 Å². The van der Waals surface area contributed by atoms with Crippen molar-refractivity contribution in [2.75, 3.05) is 11.9 Å². The molecule has 0 saturated heterocycles. The van der Waals surface area contributed by atoms with Crippen LogP contribution in [0.4, 0.5) is 19.2 Å². The van der Waals surface area contributed by atoms with E-state index in [-0.39, 0.29) is 34.9 Å². The van der Waals surface area contributed by atoms with Gasteiger partial charge in [-0.3, -0.25) is 0 Å². The summed E-state index contributed by atoms with van der Waals surface area (Å²) in [6.07, 6.45) is -0.638. The van der Waals surface area contributed by atoms with Gasteiger partial charge < -0.3 is 19.8 Å². The molecule has 4 rings (SSSR count). The van der Waals surface area contributed by atoms with Gasteiger partial charge in [-0.2, -0.15) is 0 Å². The lowest BCUT2D eigenvalue weighted by Crippen LogP contribution is -2.15. The topological polar surface area (TPSA) is 87.0 Å². The van der Waals surface area contributed by atoms with Gasteiger partial charge >= 0.3 is 6.01 Å². The molecule has 0 bridgehead atoms. The molecule has 28 heavy (non-hydrogen) atoms. The third-order valence-corrected chi connectivity index (χ3v) is 4.14. The lowest BCUT2D eigenvalue weighted by atomic mass is 10.0. The van der Waals surface area contributed by atoms with Gasteiger partial charge in [0.05, 0.1) is 22.9 Å². The van der Waals surface area contributed by atoms with Gasteiger partial charge in [-0.05, 0) is 42.8 Å². The number of hydrogen-bond donors (Lipinski definition) is 3. The van der Waals surface area contributed by atoms with Crippen LogP contribution in [-0.4, -0.2) is 32.9 Å². The number of aromatic nitrogens is 3. The average Bonchev–Trinajstić information content (AvgIpc) is 3.25. The third-order valence-electron chi connectivity index (χ3n) is 4.14. The molecule has 0 aliphatic heterocycles. The van der Waals surface area contributed by atoms with Crippen LogP contribution < -0.4 is 5.32 Å². The summed E-state index contributed by atoms with van der Waals surface area (Å²) in [5, 5.41) is 20.1. The minimum Gasteiger partial charge on any atom is -0.403 e. The lowest BCUT2D eigenvalue weighted by molar-refractivity contribution is 0.207. The van der Waals surface area contributed by atoms with E-state index in [1.807, 2.05) is 0 Å². The van der Waals surface area contributed by atoms with Crippen LogP contribution in [0.1, 0.15) is 6.92 Å². The van der Waals surface area contributed by atoms with Gasteiger partial charge in [-0.15, -0.1) is 5.10 Å². The Hall–Kier alpha value is -3.33. The molecular formula is C19H15F3N4O2. The van der Waals surface area contributed by atoms with E-state index in [2.05, 4.69) is 20.5 Å². The highest BCUT2D eigenvalue weighted by Gasteiger charge is 2.23. The predicted molar refractivity (Wildman–Crippen MR) is 97.1 cm³/mol. The smallest absolute Gasteiger partial charge is 0.315 e. The number of nitrogens with one attached hydrogen (secondary N) is 2. The Kier molecular flexibility index (Phi) is 4.52. The largest absolute Gasteiger partial charge is 0.403 e. The maximum atomic E-state index is 14.3. The van der Waals surface area contributed by atoms with Crippen molar-refractivity contribution in [1.29, 1.82) is 0 Å². The van der Waals surface area contributed by atoms with Crippen molar-refractivity contribution in [3.05, 3.63) is 53.8 Å². The van der Waals surface area contributed by atoms with Crippen LogP contribution in [0.2, 0.25) is 0 Å². The van der Waals surface area contributed by atoms with E-state index in [0.717, 1.165) is 12.1 Å². The van der Waals surface area contributed by atoms with Crippen LogP contribution in [0.3, 0.4) is 0 Å². The highest BCUT2D eigenvalue weighted by molar-refractivity contribution is 6.02. The predicted octanol–water partition coefficient (Wildman–Crippen LogP) is 4.09. The standard InChI is InChI=1S/C19H15F3N4O2/c1-9(27)8-23-19-26-25-18(28-19)15-13-6-12(21)7-14(22)17(13)24-16(15)10-2-4-11(20)5-3-10/h2-7,9,24,27H,8H2,1H3,(H,23,26). The molecule has 1 atom stereocenters. The summed E-state index contributed by atoms with van der Waals surface area (Å²) in [5.74, 6) is -1.95. The summed E-state index contributed by atoms with van der Waals surface area (Å²) in [6.45, 7) is 1.77. The van der Waals surface area contributed by atoms with E-state index >= 15 is 0 Å². The van der Waals surface area contributed by atoms with Crippen molar-refractivity contribution in [2.24, 2.45) is 0 Å². The first-order chi connectivity index (χ1) is 13.4. The summed E-state index contributed by atoms with van der Waals surface area (Å²) in [5.41, 5.74) is 1.26. The van der Waals surface area contributed by atoms with Crippen LogP contribution >= 0.6 is 0 Å². The molecular weight excluding hydrogens is 373 g/mol. The average molecular weight is 388 g/mol. The Morgan fingerprint density at radius 2 is 1.86 bits per heavy atom. The Morgan fingerprint density at radius 3 is 2.57 bits per heavy atom. The Morgan fingerprint density at radius 1 is 1.11 bits per heavy atom. The van der Waals surface area contributed by atoms with E-state index in [0.29, 0.717) is 11.3 Å². The van der Waals surface area contributed by atoms with Gasteiger partial charge in [0.15, 0.2) is 0 Å². The van der Waals surface area contributed by atoms with E-state index in [1.165, 1.54) is 24.3 Å². The third kappa shape index (κ3) is 3.31. The zero-order chi connectivity index (χ0) is 19.8. The second-order valence-corrected chi connectivity index (χ2v) is 6.33. The van der Waals surface area contributed by atoms with Gasteiger partial charge in [-0.25, -0.2) is 13.2 Å². The second kappa shape index (κ2) is 7.01. The molecule has 0 fully saturated rings.